The van der Waals surface area contributed by atoms with Gasteiger partial charge in [-0.05, 0) is 19.1 Å². The van der Waals surface area contributed by atoms with Crippen molar-refractivity contribution in [3.63, 3.8) is 0 Å². The molecule has 0 saturated carbocycles. The number of aromatic nitrogens is 2. The number of hydrogen-bond donors (Lipinski definition) is 1. The second-order valence-electron chi connectivity index (χ2n) is 3.44. The molecule has 6 nitrogen and oxygen atoms in total. The van der Waals surface area contributed by atoms with Crippen molar-refractivity contribution >= 4 is 28.1 Å². The summed E-state index contributed by atoms with van der Waals surface area (Å²) in [7, 11) is 1.54. The fourth-order valence-corrected chi connectivity index (χ4v) is 2.09. The maximum absolute atomic E-state index is 11.5. The number of thiazole rings is 1. The van der Waals surface area contributed by atoms with Gasteiger partial charge in [-0.1, -0.05) is 0 Å². The molecule has 2 aromatic heterocycles. The van der Waals surface area contributed by atoms with Crippen LogP contribution in [-0.4, -0.2) is 29.7 Å². The van der Waals surface area contributed by atoms with Crippen molar-refractivity contribution in [2.75, 3.05) is 19.0 Å². The molecule has 7 heteroatoms. The van der Waals surface area contributed by atoms with E-state index in [-0.39, 0.29) is 5.69 Å². The zero-order valence-electron chi connectivity index (χ0n) is 10.5. The van der Waals surface area contributed by atoms with Crippen LogP contribution in [-0.2, 0) is 4.74 Å². The Hall–Kier alpha value is -2.15. The number of carbonyl (C=O) groups is 1. The monoisotopic (exact) mass is 279 g/mol. The first-order chi connectivity index (χ1) is 9.24. The molecular weight excluding hydrogens is 266 g/mol. The standard InChI is InChI=1S/C12H13N3O3S/c1-3-18-11(16)9-7-19-12(15-9)14-8-5-4-6-13-10(8)17-2/h4-7H,3H2,1-2H3,(H,14,15). The van der Waals surface area contributed by atoms with Crippen molar-refractivity contribution in [1.82, 2.24) is 9.97 Å². The van der Waals surface area contributed by atoms with E-state index in [2.05, 4.69) is 15.3 Å². The normalized spacial score (nSPS) is 10.0. The summed E-state index contributed by atoms with van der Waals surface area (Å²) in [6, 6.07) is 3.60. The SMILES string of the molecule is CCOC(=O)c1csc(Nc2cccnc2OC)n1. The van der Waals surface area contributed by atoms with Crippen molar-refractivity contribution in [2.45, 2.75) is 6.92 Å². The van der Waals surface area contributed by atoms with Crippen LogP contribution in [0.5, 0.6) is 5.88 Å². The van der Waals surface area contributed by atoms with Gasteiger partial charge >= 0.3 is 5.97 Å². The molecule has 0 spiro atoms. The third kappa shape index (κ3) is 3.19. The Labute approximate surface area is 114 Å². The highest BCUT2D eigenvalue weighted by Gasteiger charge is 2.12. The van der Waals surface area contributed by atoms with Crippen LogP contribution in [0.15, 0.2) is 23.7 Å². The summed E-state index contributed by atoms with van der Waals surface area (Å²) >= 11 is 1.31. The second-order valence-corrected chi connectivity index (χ2v) is 4.30. The van der Waals surface area contributed by atoms with Gasteiger partial charge in [0, 0.05) is 11.6 Å². The van der Waals surface area contributed by atoms with Crippen LogP contribution in [0.3, 0.4) is 0 Å². The first kappa shape index (κ1) is 13.3. The van der Waals surface area contributed by atoms with Gasteiger partial charge in [0.2, 0.25) is 5.88 Å². The molecule has 2 heterocycles. The summed E-state index contributed by atoms with van der Waals surface area (Å²) in [5.74, 6) is 0.0420. The zero-order chi connectivity index (χ0) is 13.7. The van der Waals surface area contributed by atoms with Gasteiger partial charge in [-0.2, -0.15) is 0 Å². The lowest BCUT2D eigenvalue weighted by atomic mass is 10.4. The summed E-state index contributed by atoms with van der Waals surface area (Å²) < 4.78 is 10.00. The molecule has 19 heavy (non-hydrogen) atoms. The van der Waals surface area contributed by atoms with E-state index in [0.29, 0.717) is 23.3 Å². The van der Waals surface area contributed by atoms with Crippen LogP contribution < -0.4 is 10.1 Å². The molecule has 0 unspecified atom stereocenters. The quantitative estimate of drug-likeness (QED) is 0.848. The Morgan fingerprint density at radius 3 is 3.11 bits per heavy atom. The van der Waals surface area contributed by atoms with Crippen LogP contribution in [0.25, 0.3) is 0 Å². The highest BCUT2D eigenvalue weighted by Crippen LogP contribution is 2.26. The molecule has 1 N–H and O–H groups in total. The number of esters is 1. The van der Waals surface area contributed by atoms with Crippen LogP contribution in [0.1, 0.15) is 17.4 Å². The summed E-state index contributed by atoms with van der Waals surface area (Å²) in [6.07, 6.45) is 1.63. The molecule has 0 aromatic carbocycles. The topological polar surface area (TPSA) is 73.3 Å². The summed E-state index contributed by atoms with van der Waals surface area (Å²) in [6.45, 7) is 2.08. The molecule has 0 aliphatic carbocycles. The van der Waals surface area contributed by atoms with Gasteiger partial charge in [-0.15, -0.1) is 11.3 Å². The molecule has 0 saturated heterocycles. The molecule has 0 atom stereocenters. The van der Waals surface area contributed by atoms with Gasteiger partial charge in [-0.25, -0.2) is 14.8 Å². The second kappa shape index (κ2) is 6.14. The number of ether oxygens (including phenoxy) is 2. The lowest BCUT2D eigenvalue weighted by Gasteiger charge is -2.06. The number of nitrogens with zero attached hydrogens (tertiary/aromatic N) is 2. The molecular formula is C12H13N3O3S. The highest BCUT2D eigenvalue weighted by atomic mass is 32.1. The minimum Gasteiger partial charge on any atom is -0.480 e. The fourth-order valence-electron chi connectivity index (χ4n) is 1.39. The molecule has 0 aliphatic rings. The Morgan fingerprint density at radius 2 is 2.37 bits per heavy atom. The van der Waals surface area contributed by atoms with Crippen LogP contribution in [0.2, 0.25) is 0 Å². The Kier molecular flexibility index (Phi) is 4.30. The highest BCUT2D eigenvalue weighted by molar-refractivity contribution is 7.14. The van der Waals surface area contributed by atoms with E-state index in [1.165, 1.54) is 11.3 Å². The molecule has 0 radical (unpaired) electrons. The average molecular weight is 279 g/mol. The minimum absolute atomic E-state index is 0.289. The molecule has 0 bridgehead atoms. The van der Waals surface area contributed by atoms with E-state index in [0.717, 1.165) is 0 Å². The predicted octanol–water partition coefficient (Wildman–Crippen LogP) is 2.47. The van der Waals surface area contributed by atoms with Gasteiger partial charge in [0.15, 0.2) is 10.8 Å². The number of methoxy groups -OCH3 is 1. The Morgan fingerprint density at radius 1 is 1.53 bits per heavy atom. The average Bonchev–Trinajstić information content (AvgIpc) is 2.88. The van der Waals surface area contributed by atoms with Crippen molar-refractivity contribution in [3.8, 4) is 5.88 Å². The van der Waals surface area contributed by atoms with Gasteiger partial charge < -0.3 is 14.8 Å². The summed E-state index contributed by atoms with van der Waals surface area (Å²) in [5, 5.41) is 5.27. The number of hydrogen-bond acceptors (Lipinski definition) is 7. The zero-order valence-corrected chi connectivity index (χ0v) is 11.4. The van der Waals surface area contributed by atoms with Gasteiger partial charge in [0.25, 0.3) is 0 Å². The van der Waals surface area contributed by atoms with E-state index in [1.54, 1.807) is 31.7 Å². The molecule has 0 fully saturated rings. The number of carbonyl (C=O) groups excluding carboxylic acids is 1. The van der Waals surface area contributed by atoms with E-state index in [4.69, 9.17) is 9.47 Å². The number of nitrogens with one attached hydrogen (secondary N) is 1. The van der Waals surface area contributed by atoms with Crippen LogP contribution in [0.4, 0.5) is 10.8 Å². The first-order valence-electron chi connectivity index (χ1n) is 5.63. The molecule has 2 aromatic rings. The molecule has 0 aliphatic heterocycles. The largest absolute Gasteiger partial charge is 0.480 e. The van der Waals surface area contributed by atoms with Crippen LogP contribution in [0, 0.1) is 0 Å². The van der Waals surface area contributed by atoms with Gasteiger partial charge in [-0.3, -0.25) is 0 Å². The third-order valence-corrected chi connectivity index (χ3v) is 2.95. The minimum atomic E-state index is -0.426. The van der Waals surface area contributed by atoms with Crippen molar-refractivity contribution in [3.05, 3.63) is 29.4 Å². The Balaban J connectivity index is 2.13. The smallest absolute Gasteiger partial charge is 0.357 e. The molecule has 2 rings (SSSR count). The van der Waals surface area contributed by atoms with Crippen molar-refractivity contribution in [1.29, 1.82) is 0 Å². The lowest BCUT2D eigenvalue weighted by Crippen LogP contribution is -2.05. The predicted molar refractivity (Wildman–Crippen MR) is 72.1 cm³/mol. The maximum atomic E-state index is 11.5. The number of pyridine rings is 1. The van der Waals surface area contributed by atoms with E-state index < -0.39 is 5.97 Å². The molecule has 0 amide bonds. The first-order valence-corrected chi connectivity index (χ1v) is 6.51. The van der Waals surface area contributed by atoms with Gasteiger partial charge in [0.05, 0.1) is 13.7 Å². The van der Waals surface area contributed by atoms with Crippen molar-refractivity contribution < 1.29 is 14.3 Å². The maximum Gasteiger partial charge on any atom is 0.357 e. The van der Waals surface area contributed by atoms with Crippen LogP contribution >= 0.6 is 11.3 Å². The lowest BCUT2D eigenvalue weighted by molar-refractivity contribution is 0.0520. The number of rotatable bonds is 5. The fraction of sp³-hybridized carbons (Fsp3) is 0.250. The summed E-state index contributed by atoms with van der Waals surface area (Å²) in [5.41, 5.74) is 0.979. The van der Waals surface area contributed by atoms with E-state index in [1.807, 2.05) is 6.07 Å². The van der Waals surface area contributed by atoms with Gasteiger partial charge in [0.1, 0.15) is 5.69 Å². The van der Waals surface area contributed by atoms with Crippen molar-refractivity contribution in [2.24, 2.45) is 0 Å². The molecule has 100 valence electrons. The van der Waals surface area contributed by atoms with E-state index in [9.17, 15) is 4.79 Å². The van der Waals surface area contributed by atoms with E-state index >= 15 is 0 Å². The summed E-state index contributed by atoms with van der Waals surface area (Å²) in [4.78, 5) is 19.7. The third-order valence-electron chi connectivity index (χ3n) is 2.19. The number of anilines is 2. The Bertz CT molecular complexity index is 571.